The van der Waals surface area contributed by atoms with Gasteiger partial charge in [-0.2, -0.15) is 0 Å². The average molecular weight is 503 g/mol. The summed E-state index contributed by atoms with van der Waals surface area (Å²) in [6, 6.07) is 3.31. The molecular weight excluding hydrogens is 470 g/mol. The summed E-state index contributed by atoms with van der Waals surface area (Å²) in [6.45, 7) is 3.48. The van der Waals surface area contributed by atoms with Gasteiger partial charge in [-0.15, -0.1) is 0 Å². The van der Waals surface area contributed by atoms with Crippen LogP contribution in [0, 0.1) is 17.0 Å². The molecular formula is C25H32F2N6O3. The van der Waals surface area contributed by atoms with Crippen LogP contribution >= 0.6 is 0 Å². The van der Waals surface area contributed by atoms with Gasteiger partial charge in [0.25, 0.3) is 0 Å². The van der Waals surface area contributed by atoms with Crippen molar-refractivity contribution in [1.82, 2.24) is 20.2 Å². The van der Waals surface area contributed by atoms with Crippen LogP contribution in [0.3, 0.4) is 0 Å². The largest absolute Gasteiger partial charge is 0.494 e. The number of halogens is 2. The molecule has 0 unspecified atom stereocenters. The first kappa shape index (κ1) is 25.8. The number of anilines is 1. The first-order valence-electron chi connectivity index (χ1n) is 12.1. The zero-order valence-corrected chi connectivity index (χ0v) is 20.3. The van der Waals surface area contributed by atoms with Crippen LogP contribution in [0.1, 0.15) is 31.2 Å². The number of nitrogens with one attached hydrogen (secondary N) is 3. The summed E-state index contributed by atoms with van der Waals surface area (Å²) in [5.74, 6) is -1.08. The van der Waals surface area contributed by atoms with E-state index in [-0.39, 0.29) is 29.6 Å². The molecule has 194 valence electrons. The smallest absolute Gasteiger partial charge is 0.227 e. The number of benzene rings is 1. The van der Waals surface area contributed by atoms with Crippen molar-refractivity contribution in [3.8, 4) is 11.5 Å². The zero-order valence-electron chi connectivity index (χ0n) is 20.3. The topological polar surface area (TPSA) is 105 Å². The summed E-state index contributed by atoms with van der Waals surface area (Å²) in [5, 5.41) is 14.1. The molecule has 2 aliphatic heterocycles. The molecule has 0 radical (unpaired) electrons. The number of rotatable bonds is 10. The van der Waals surface area contributed by atoms with Crippen LogP contribution in [0.4, 0.5) is 14.7 Å². The molecule has 1 aromatic carbocycles. The normalized spacial score (nSPS) is 18.0. The maximum atomic E-state index is 14.3. The van der Waals surface area contributed by atoms with Crippen molar-refractivity contribution in [2.75, 3.05) is 38.7 Å². The van der Waals surface area contributed by atoms with E-state index in [0.717, 1.165) is 58.1 Å². The van der Waals surface area contributed by atoms with Crippen molar-refractivity contribution in [2.45, 2.75) is 44.4 Å². The quantitative estimate of drug-likeness (QED) is 0.424. The number of aromatic nitrogens is 2. The molecule has 36 heavy (non-hydrogen) atoms. The van der Waals surface area contributed by atoms with E-state index < -0.39 is 11.6 Å². The molecule has 0 atom stereocenters. The summed E-state index contributed by atoms with van der Waals surface area (Å²) >= 11 is 0. The van der Waals surface area contributed by atoms with Crippen molar-refractivity contribution < 1.29 is 23.0 Å². The number of hydrogen-bond acceptors (Lipinski definition) is 9. The van der Waals surface area contributed by atoms with Gasteiger partial charge in [0, 0.05) is 50.8 Å². The molecule has 0 amide bonds. The third kappa shape index (κ3) is 6.67. The van der Waals surface area contributed by atoms with E-state index in [1.165, 1.54) is 31.8 Å². The Kier molecular flexibility index (Phi) is 9.01. The van der Waals surface area contributed by atoms with Gasteiger partial charge in [-0.05, 0) is 37.8 Å². The highest BCUT2D eigenvalue weighted by molar-refractivity contribution is 5.79. The van der Waals surface area contributed by atoms with Gasteiger partial charge in [-0.25, -0.2) is 18.7 Å². The summed E-state index contributed by atoms with van der Waals surface area (Å²) in [5.41, 5.74) is 0.270. The Labute approximate surface area is 209 Å². The lowest BCUT2D eigenvalue weighted by Gasteiger charge is -2.39. The summed E-state index contributed by atoms with van der Waals surface area (Å²) < 4.78 is 44.0. The molecule has 3 heterocycles. The Morgan fingerprint density at radius 2 is 1.89 bits per heavy atom. The summed E-state index contributed by atoms with van der Waals surface area (Å²) in [4.78, 5) is 10.9. The van der Waals surface area contributed by atoms with Crippen LogP contribution in [0.25, 0.3) is 0 Å². The lowest BCUT2D eigenvalue weighted by Crippen LogP contribution is -2.47. The van der Waals surface area contributed by atoms with Crippen LogP contribution in [0.2, 0.25) is 0 Å². The van der Waals surface area contributed by atoms with Gasteiger partial charge in [0.05, 0.1) is 30.8 Å². The number of methoxy groups -OCH3 is 1. The minimum absolute atomic E-state index is 0.0600. The van der Waals surface area contributed by atoms with Gasteiger partial charge >= 0.3 is 0 Å². The van der Waals surface area contributed by atoms with Crippen molar-refractivity contribution in [3.63, 3.8) is 0 Å². The maximum Gasteiger partial charge on any atom is 0.227 e. The highest BCUT2D eigenvalue weighted by Gasteiger charge is 2.26. The lowest BCUT2D eigenvalue weighted by atomic mass is 10.00. The van der Waals surface area contributed by atoms with E-state index in [9.17, 15) is 8.78 Å². The van der Waals surface area contributed by atoms with Crippen LogP contribution in [0.5, 0.6) is 11.5 Å². The standard InChI is InChI=1S/C25H32F2N6O3/c1-34-23-3-2-22(26)21(24(23)27)16-36-20-14-30-25(31-15-20)32-18(12-28)13-29-17-4-8-33(9-5-17)19-6-10-35-11-7-19/h2-3,12-15,17,19,28-29H,4-11,16H2,1H3,(H,30,31,32)/b18-13+,28-12?. The first-order valence-corrected chi connectivity index (χ1v) is 12.1. The second-order valence-corrected chi connectivity index (χ2v) is 8.76. The van der Waals surface area contributed by atoms with Crippen molar-refractivity contribution in [2.24, 2.45) is 0 Å². The number of likely N-dealkylation sites (tertiary alicyclic amines) is 1. The minimum atomic E-state index is -0.806. The Morgan fingerprint density at radius 1 is 1.17 bits per heavy atom. The van der Waals surface area contributed by atoms with Gasteiger partial charge in [0.15, 0.2) is 17.3 Å². The molecule has 0 saturated carbocycles. The fourth-order valence-corrected chi connectivity index (χ4v) is 4.41. The van der Waals surface area contributed by atoms with Crippen LogP contribution in [-0.4, -0.2) is 66.6 Å². The van der Waals surface area contributed by atoms with E-state index in [1.807, 2.05) is 0 Å². The molecule has 2 saturated heterocycles. The molecule has 0 spiro atoms. The van der Waals surface area contributed by atoms with Gasteiger partial charge in [0.2, 0.25) is 5.95 Å². The molecule has 9 nitrogen and oxygen atoms in total. The van der Waals surface area contributed by atoms with Gasteiger partial charge in [-0.3, -0.25) is 0 Å². The van der Waals surface area contributed by atoms with Crippen LogP contribution < -0.4 is 20.1 Å². The monoisotopic (exact) mass is 502 g/mol. The van der Waals surface area contributed by atoms with Gasteiger partial charge in [-0.1, -0.05) is 0 Å². The molecule has 2 aromatic rings. The molecule has 4 rings (SSSR count). The number of piperidine rings is 1. The Bertz CT molecular complexity index is 1040. The molecule has 0 bridgehead atoms. The summed E-state index contributed by atoms with van der Waals surface area (Å²) in [6.07, 6.45) is 10.0. The number of nitrogens with zero attached hydrogens (tertiary/aromatic N) is 3. The predicted octanol–water partition coefficient (Wildman–Crippen LogP) is 3.48. The second kappa shape index (κ2) is 12.6. The van der Waals surface area contributed by atoms with E-state index in [4.69, 9.17) is 19.6 Å². The van der Waals surface area contributed by atoms with Crippen LogP contribution in [-0.2, 0) is 11.3 Å². The minimum Gasteiger partial charge on any atom is -0.494 e. The zero-order chi connectivity index (χ0) is 25.3. The van der Waals surface area contributed by atoms with E-state index in [0.29, 0.717) is 17.8 Å². The maximum absolute atomic E-state index is 14.3. The highest BCUT2D eigenvalue weighted by atomic mass is 19.1. The highest BCUT2D eigenvalue weighted by Crippen LogP contribution is 2.24. The summed E-state index contributed by atoms with van der Waals surface area (Å²) in [7, 11) is 1.31. The molecule has 2 fully saturated rings. The SMILES string of the molecule is COc1ccc(F)c(COc2cnc(N/C(C=N)=C/NC3CCN(C4CCOCC4)CC3)nc2)c1F. The van der Waals surface area contributed by atoms with Crippen LogP contribution in [0.15, 0.2) is 36.4 Å². The van der Waals surface area contributed by atoms with E-state index >= 15 is 0 Å². The van der Waals surface area contributed by atoms with Crippen molar-refractivity contribution >= 4 is 12.2 Å². The molecule has 1 aromatic heterocycles. The third-order valence-electron chi connectivity index (χ3n) is 6.50. The number of hydrogen-bond donors (Lipinski definition) is 3. The lowest BCUT2D eigenvalue weighted by molar-refractivity contribution is 0.0244. The molecule has 11 heteroatoms. The molecule has 0 aliphatic carbocycles. The molecule has 2 aliphatic rings. The fraction of sp³-hybridized carbons (Fsp3) is 0.480. The van der Waals surface area contributed by atoms with Crippen molar-refractivity contribution in [3.05, 3.63) is 53.6 Å². The average Bonchev–Trinajstić information content (AvgIpc) is 2.92. The number of ether oxygens (including phenoxy) is 3. The fourth-order valence-electron chi connectivity index (χ4n) is 4.41. The Hall–Kier alpha value is -3.31. The Balaban J connectivity index is 1.25. The third-order valence-corrected chi connectivity index (χ3v) is 6.50. The molecule has 3 N–H and O–H groups in total. The first-order chi connectivity index (χ1) is 17.6. The predicted molar refractivity (Wildman–Crippen MR) is 131 cm³/mol. The second-order valence-electron chi connectivity index (χ2n) is 8.76. The van der Waals surface area contributed by atoms with Crippen molar-refractivity contribution in [1.29, 1.82) is 5.41 Å². The van der Waals surface area contributed by atoms with E-state index in [1.54, 1.807) is 6.20 Å². The Morgan fingerprint density at radius 3 is 2.56 bits per heavy atom. The number of allylic oxidation sites excluding steroid dienone is 1. The van der Waals surface area contributed by atoms with Gasteiger partial charge < -0.3 is 35.2 Å². The van der Waals surface area contributed by atoms with E-state index in [2.05, 4.69) is 25.5 Å². The van der Waals surface area contributed by atoms with Gasteiger partial charge in [0.1, 0.15) is 12.4 Å².